The predicted octanol–water partition coefficient (Wildman–Crippen LogP) is 2.18. The van der Waals surface area contributed by atoms with Gasteiger partial charge in [0.2, 0.25) is 5.91 Å². The maximum atomic E-state index is 14.6. The lowest BCUT2D eigenvalue weighted by atomic mass is 10.1. The van der Waals surface area contributed by atoms with Gasteiger partial charge in [-0.2, -0.15) is 4.98 Å². The van der Waals surface area contributed by atoms with Crippen LogP contribution in [-0.4, -0.2) is 76.2 Å². The molecule has 2 heterocycles. The Morgan fingerprint density at radius 2 is 1.94 bits per heavy atom. The van der Waals surface area contributed by atoms with E-state index in [1.807, 2.05) is 9.80 Å². The highest BCUT2D eigenvalue weighted by Gasteiger charge is 2.30. The Morgan fingerprint density at radius 3 is 2.61 bits per heavy atom. The molecule has 198 valence electrons. The number of nitrogens with two attached hydrogens (primary N) is 1. The predicted molar refractivity (Wildman–Crippen MR) is 127 cm³/mol. The number of hydrogen-bond acceptors (Lipinski definition) is 9. The van der Waals surface area contributed by atoms with Gasteiger partial charge in [0.15, 0.2) is 11.6 Å². The van der Waals surface area contributed by atoms with Gasteiger partial charge in [-0.1, -0.05) is 24.4 Å². The summed E-state index contributed by atoms with van der Waals surface area (Å²) in [5, 5.41) is 4.08. The van der Waals surface area contributed by atoms with Crippen molar-refractivity contribution in [3.05, 3.63) is 23.0 Å². The number of piperazine rings is 1. The first-order valence-corrected chi connectivity index (χ1v) is 13.5. The molecule has 1 amide bonds. The molecular formula is C21H28ClFN5O7P. The van der Waals surface area contributed by atoms with E-state index in [1.54, 1.807) is 0 Å². The van der Waals surface area contributed by atoms with Crippen molar-refractivity contribution in [1.29, 1.82) is 0 Å². The van der Waals surface area contributed by atoms with Crippen LogP contribution < -0.4 is 15.4 Å². The summed E-state index contributed by atoms with van der Waals surface area (Å²) in [5.74, 6) is -0.265. The number of halogens is 2. The Bertz CT molecular complexity index is 1120. The molecule has 2 aliphatic rings. The van der Waals surface area contributed by atoms with Gasteiger partial charge in [-0.25, -0.2) is 8.96 Å². The molecule has 4 rings (SSSR count). The molecule has 1 aromatic heterocycles. The van der Waals surface area contributed by atoms with E-state index in [4.69, 9.17) is 36.4 Å². The maximum Gasteiger partial charge on any atom is 0.469 e. The van der Waals surface area contributed by atoms with Crippen LogP contribution in [0.25, 0.3) is 11.5 Å². The number of rotatable bonds is 9. The molecule has 1 saturated carbocycles. The third-order valence-electron chi connectivity index (χ3n) is 6.16. The van der Waals surface area contributed by atoms with Crippen LogP contribution in [0.3, 0.4) is 0 Å². The lowest BCUT2D eigenvalue weighted by Gasteiger charge is -2.35. The molecule has 1 atom stereocenters. The van der Waals surface area contributed by atoms with Gasteiger partial charge in [0.05, 0.1) is 23.2 Å². The van der Waals surface area contributed by atoms with Crippen LogP contribution in [0.15, 0.2) is 16.7 Å². The second-order valence-corrected chi connectivity index (χ2v) is 10.5. The molecule has 2 fully saturated rings. The molecule has 0 spiro atoms. The Morgan fingerprint density at radius 1 is 1.25 bits per heavy atom. The molecule has 2 aromatic rings. The molecule has 15 heteroatoms. The van der Waals surface area contributed by atoms with Crippen molar-refractivity contribution in [2.45, 2.75) is 31.7 Å². The summed E-state index contributed by atoms with van der Waals surface area (Å²) in [6.45, 7) is 1.50. The number of amides is 1. The second kappa shape index (κ2) is 11.4. The highest BCUT2D eigenvalue weighted by atomic mass is 35.5. The van der Waals surface area contributed by atoms with Crippen LogP contribution in [-0.2, 0) is 13.9 Å². The number of carbonyl (C=O) groups is 1. The number of nitrogens with zero attached hydrogens (tertiary/aromatic N) is 4. The molecule has 0 bridgehead atoms. The lowest BCUT2D eigenvalue weighted by Crippen LogP contribution is -2.50. The quantitative estimate of drug-likeness (QED) is 0.394. The fourth-order valence-corrected chi connectivity index (χ4v) is 4.87. The number of ether oxygens (including phenoxy) is 1. The fraction of sp³-hybridized carbons (Fsp3) is 0.571. The van der Waals surface area contributed by atoms with Crippen LogP contribution in [0.2, 0.25) is 5.02 Å². The third kappa shape index (κ3) is 6.72. The van der Waals surface area contributed by atoms with Gasteiger partial charge in [-0.15, -0.1) is 0 Å². The second-order valence-electron chi connectivity index (χ2n) is 8.81. The van der Waals surface area contributed by atoms with Crippen LogP contribution in [0.4, 0.5) is 10.3 Å². The number of phosphoric ester groups is 1. The van der Waals surface area contributed by atoms with Crippen LogP contribution in [0.1, 0.15) is 25.7 Å². The highest BCUT2D eigenvalue weighted by molar-refractivity contribution is 7.46. The van der Waals surface area contributed by atoms with Crippen molar-refractivity contribution in [1.82, 2.24) is 15.0 Å². The first kappa shape index (κ1) is 26.8. The number of anilines is 1. The van der Waals surface area contributed by atoms with E-state index in [0.29, 0.717) is 32.1 Å². The molecule has 1 saturated heterocycles. The molecule has 12 nitrogen and oxygen atoms in total. The summed E-state index contributed by atoms with van der Waals surface area (Å²) in [6.07, 6.45) is 4.15. The largest absolute Gasteiger partial charge is 0.489 e. The van der Waals surface area contributed by atoms with Crippen molar-refractivity contribution in [3.63, 3.8) is 0 Å². The van der Waals surface area contributed by atoms with Gasteiger partial charge >= 0.3 is 7.82 Å². The summed E-state index contributed by atoms with van der Waals surface area (Å²) in [6, 6.07) is 1.40. The summed E-state index contributed by atoms with van der Waals surface area (Å²) < 4.78 is 40.2. The minimum atomic E-state index is -4.67. The standard InChI is InChI=1S/C21H28ClFN5O7P/c22-16-10-18(33-11-14(24)12-34-36(30,31)32)17(23)9-15(16)19-25-21(26-35-19)28-7-5-27(6-8-28)20(29)13-3-1-2-4-13/h9-10,13-14H,1-8,11-12,24H2,(H2,30,31,32)/t14-/m1/s1. The van der Waals surface area contributed by atoms with Crippen LogP contribution >= 0.6 is 19.4 Å². The van der Waals surface area contributed by atoms with Crippen molar-refractivity contribution in [3.8, 4) is 17.2 Å². The first-order valence-electron chi connectivity index (χ1n) is 11.6. The topological polar surface area (TPSA) is 164 Å². The molecule has 1 aliphatic heterocycles. The fourth-order valence-electron chi connectivity index (χ4n) is 4.25. The number of hydrogen-bond donors (Lipinski definition) is 3. The van der Waals surface area contributed by atoms with E-state index < -0.39 is 26.3 Å². The van der Waals surface area contributed by atoms with Crippen LogP contribution in [0, 0.1) is 11.7 Å². The van der Waals surface area contributed by atoms with E-state index in [1.165, 1.54) is 6.07 Å². The van der Waals surface area contributed by atoms with E-state index >= 15 is 0 Å². The van der Waals surface area contributed by atoms with Crippen molar-refractivity contribution >= 4 is 31.3 Å². The molecule has 4 N–H and O–H groups in total. The average Bonchev–Trinajstić information content (AvgIpc) is 3.55. The van der Waals surface area contributed by atoms with Crippen molar-refractivity contribution in [2.24, 2.45) is 11.7 Å². The molecule has 1 aromatic carbocycles. The molecule has 1 aliphatic carbocycles. The molecule has 36 heavy (non-hydrogen) atoms. The number of benzene rings is 1. The molecule has 0 unspecified atom stereocenters. The average molecular weight is 548 g/mol. The summed E-state index contributed by atoms with van der Waals surface area (Å²) in [7, 11) is -4.67. The van der Waals surface area contributed by atoms with E-state index in [0.717, 1.165) is 31.7 Å². The lowest BCUT2D eigenvalue weighted by molar-refractivity contribution is -0.135. The summed E-state index contributed by atoms with van der Waals surface area (Å²) in [4.78, 5) is 38.2. The minimum Gasteiger partial charge on any atom is -0.489 e. The monoisotopic (exact) mass is 547 g/mol. The van der Waals surface area contributed by atoms with Gasteiger partial charge < -0.3 is 34.6 Å². The number of carbonyl (C=O) groups excluding carboxylic acids is 1. The van der Waals surface area contributed by atoms with Crippen molar-refractivity contribution < 1.29 is 37.3 Å². The SMILES string of the molecule is N[C@H](COc1cc(Cl)c(-c2nc(N3CCN(C(=O)C4CCCC4)CC3)no2)cc1F)COP(=O)(O)O. The van der Waals surface area contributed by atoms with Crippen LogP contribution in [0.5, 0.6) is 5.75 Å². The van der Waals surface area contributed by atoms with E-state index in [-0.39, 0.29) is 40.7 Å². The van der Waals surface area contributed by atoms with E-state index in [9.17, 15) is 13.8 Å². The number of aromatic nitrogens is 2. The zero-order chi connectivity index (χ0) is 25.9. The Kier molecular flexibility index (Phi) is 8.48. The third-order valence-corrected chi connectivity index (χ3v) is 6.95. The van der Waals surface area contributed by atoms with Gasteiger partial charge in [-0.3, -0.25) is 9.32 Å². The van der Waals surface area contributed by atoms with Gasteiger partial charge in [0, 0.05) is 38.2 Å². The smallest absolute Gasteiger partial charge is 0.469 e. The minimum absolute atomic E-state index is 0.0247. The zero-order valence-electron chi connectivity index (χ0n) is 19.4. The zero-order valence-corrected chi connectivity index (χ0v) is 21.0. The van der Waals surface area contributed by atoms with Crippen molar-refractivity contribution in [2.75, 3.05) is 44.3 Å². The number of phosphoric acid groups is 1. The maximum absolute atomic E-state index is 14.6. The van der Waals surface area contributed by atoms with Gasteiger partial charge in [0.1, 0.15) is 6.61 Å². The van der Waals surface area contributed by atoms with E-state index in [2.05, 4.69) is 14.7 Å². The van der Waals surface area contributed by atoms with Gasteiger partial charge in [0.25, 0.3) is 11.8 Å². The Hall–Kier alpha value is -2.28. The molecule has 0 radical (unpaired) electrons. The summed E-state index contributed by atoms with van der Waals surface area (Å²) >= 11 is 6.29. The molecular weight excluding hydrogens is 520 g/mol. The highest BCUT2D eigenvalue weighted by Crippen LogP contribution is 2.36. The summed E-state index contributed by atoms with van der Waals surface area (Å²) in [5.41, 5.74) is 5.83. The Labute approximate surface area is 211 Å². The normalized spacial score (nSPS) is 18.0. The first-order chi connectivity index (χ1) is 17.1. The van der Waals surface area contributed by atoms with Gasteiger partial charge in [-0.05, 0) is 24.1 Å². The Balaban J connectivity index is 1.34.